The fraction of sp³-hybridized carbons (Fsp3) is 0.476. The molecule has 1 aromatic carbocycles. The fourth-order valence-electron chi connectivity index (χ4n) is 2.68. The minimum atomic E-state index is -4.54. The highest BCUT2D eigenvalue weighted by Crippen LogP contribution is 2.30. The standard InChI is InChI=1S/C21H26F3N3O3/c1-5-13(3)25-19(28)17-12-30-18(26-17)11-27(14(4)6-2)20(29)15-8-7-9-16(10-15)21(22,23)24/h7-10,12-14H,5-6,11H2,1-4H3,(H,25,28)/t13-,14+/m0/s1. The van der Waals surface area contributed by atoms with Crippen molar-refractivity contribution in [2.75, 3.05) is 0 Å². The van der Waals surface area contributed by atoms with Gasteiger partial charge in [-0.15, -0.1) is 0 Å². The maximum atomic E-state index is 13.0. The molecule has 9 heteroatoms. The topological polar surface area (TPSA) is 75.4 Å². The van der Waals surface area contributed by atoms with Crippen LogP contribution in [0.25, 0.3) is 0 Å². The molecule has 0 radical (unpaired) electrons. The molecule has 0 spiro atoms. The quantitative estimate of drug-likeness (QED) is 0.667. The molecular weight excluding hydrogens is 399 g/mol. The van der Waals surface area contributed by atoms with E-state index < -0.39 is 23.6 Å². The van der Waals surface area contributed by atoms with Gasteiger partial charge in [-0.2, -0.15) is 13.2 Å². The number of benzene rings is 1. The molecule has 0 bridgehead atoms. The summed E-state index contributed by atoms with van der Waals surface area (Å²) >= 11 is 0. The van der Waals surface area contributed by atoms with E-state index in [-0.39, 0.29) is 35.8 Å². The second-order valence-corrected chi connectivity index (χ2v) is 7.18. The number of rotatable bonds is 8. The Hall–Kier alpha value is -2.84. The summed E-state index contributed by atoms with van der Waals surface area (Å²) in [6.07, 6.45) is -2.01. The van der Waals surface area contributed by atoms with Crippen molar-refractivity contribution >= 4 is 11.8 Å². The van der Waals surface area contributed by atoms with Crippen LogP contribution < -0.4 is 5.32 Å². The Labute approximate surface area is 173 Å². The van der Waals surface area contributed by atoms with Crippen LogP contribution in [-0.2, 0) is 12.7 Å². The number of carbonyl (C=O) groups excluding carboxylic acids is 2. The van der Waals surface area contributed by atoms with Crippen LogP contribution >= 0.6 is 0 Å². The first-order chi connectivity index (χ1) is 14.1. The number of nitrogens with one attached hydrogen (secondary N) is 1. The van der Waals surface area contributed by atoms with E-state index in [4.69, 9.17) is 4.42 Å². The maximum absolute atomic E-state index is 13.0. The molecule has 30 heavy (non-hydrogen) atoms. The van der Waals surface area contributed by atoms with Crippen molar-refractivity contribution in [2.24, 2.45) is 0 Å². The fourth-order valence-corrected chi connectivity index (χ4v) is 2.68. The van der Waals surface area contributed by atoms with E-state index in [1.165, 1.54) is 23.3 Å². The van der Waals surface area contributed by atoms with Gasteiger partial charge in [-0.3, -0.25) is 9.59 Å². The van der Waals surface area contributed by atoms with E-state index >= 15 is 0 Å². The van der Waals surface area contributed by atoms with Gasteiger partial charge in [0, 0.05) is 17.6 Å². The van der Waals surface area contributed by atoms with E-state index in [0.717, 1.165) is 18.6 Å². The maximum Gasteiger partial charge on any atom is 0.416 e. The molecule has 0 unspecified atom stereocenters. The van der Waals surface area contributed by atoms with Gasteiger partial charge < -0.3 is 14.6 Å². The lowest BCUT2D eigenvalue weighted by atomic mass is 10.1. The molecule has 1 aromatic heterocycles. The third kappa shape index (κ3) is 5.84. The number of amides is 2. The first-order valence-corrected chi connectivity index (χ1v) is 9.80. The van der Waals surface area contributed by atoms with Gasteiger partial charge in [-0.25, -0.2) is 4.98 Å². The van der Waals surface area contributed by atoms with Crippen molar-refractivity contribution in [3.8, 4) is 0 Å². The van der Waals surface area contributed by atoms with Crippen LogP contribution in [0.5, 0.6) is 0 Å². The Balaban J connectivity index is 2.23. The van der Waals surface area contributed by atoms with E-state index in [1.54, 1.807) is 6.92 Å². The van der Waals surface area contributed by atoms with Crippen LogP contribution in [0.15, 0.2) is 34.9 Å². The molecule has 0 aliphatic carbocycles. The number of aromatic nitrogens is 1. The van der Waals surface area contributed by atoms with Gasteiger partial charge in [-0.1, -0.05) is 19.9 Å². The highest BCUT2D eigenvalue weighted by molar-refractivity contribution is 5.94. The van der Waals surface area contributed by atoms with Crippen molar-refractivity contribution < 1.29 is 27.2 Å². The number of alkyl halides is 3. The zero-order valence-corrected chi connectivity index (χ0v) is 17.4. The van der Waals surface area contributed by atoms with E-state index in [1.807, 2.05) is 20.8 Å². The van der Waals surface area contributed by atoms with Gasteiger partial charge in [0.2, 0.25) is 5.89 Å². The van der Waals surface area contributed by atoms with E-state index in [2.05, 4.69) is 10.3 Å². The summed E-state index contributed by atoms with van der Waals surface area (Å²) < 4.78 is 44.4. The lowest BCUT2D eigenvalue weighted by Gasteiger charge is -2.27. The summed E-state index contributed by atoms with van der Waals surface area (Å²) in [6, 6.07) is 3.98. The lowest BCUT2D eigenvalue weighted by Crippen LogP contribution is -2.38. The van der Waals surface area contributed by atoms with Gasteiger partial charge in [0.25, 0.3) is 11.8 Å². The summed E-state index contributed by atoms with van der Waals surface area (Å²) in [5.41, 5.74) is -0.884. The zero-order chi connectivity index (χ0) is 22.5. The molecule has 2 rings (SSSR count). The predicted molar refractivity (Wildman–Crippen MR) is 105 cm³/mol. The van der Waals surface area contributed by atoms with Crippen molar-refractivity contribution in [3.63, 3.8) is 0 Å². The molecule has 2 aromatic rings. The molecular formula is C21H26F3N3O3. The van der Waals surface area contributed by atoms with Gasteiger partial charge in [0.05, 0.1) is 12.1 Å². The van der Waals surface area contributed by atoms with Crippen LogP contribution in [0.3, 0.4) is 0 Å². The minimum absolute atomic E-state index is 0.0308. The van der Waals surface area contributed by atoms with Gasteiger partial charge in [0.1, 0.15) is 6.26 Å². The molecule has 0 saturated carbocycles. The molecule has 1 heterocycles. The Morgan fingerprint density at radius 1 is 1.20 bits per heavy atom. The van der Waals surface area contributed by atoms with Gasteiger partial charge in [-0.05, 0) is 44.9 Å². The SMILES string of the molecule is CC[C@@H](C)N(Cc1nc(C(=O)N[C@@H](C)CC)co1)C(=O)c1cccc(C(F)(F)F)c1. The largest absolute Gasteiger partial charge is 0.446 e. The van der Waals surface area contributed by atoms with Crippen LogP contribution in [0.1, 0.15) is 72.8 Å². The zero-order valence-electron chi connectivity index (χ0n) is 17.4. The Kier molecular flexibility index (Phi) is 7.64. The van der Waals surface area contributed by atoms with Crippen molar-refractivity contribution in [1.29, 1.82) is 0 Å². The highest BCUT2D eigenvalue weighted by Gasteiger charge is 2.32. The smallest absolute Gasteiger partial charge is 0.416 e. The van der Waals surface area contributed by atoms with Gasteiger partial charge in [0.15, 0.2) is 5.69 Å². The van der Waals surface area contributed by atoms with E-state index in [0.29, 0.717) is 6.42 Å². The molecule has 2 atom stereocenters. The number of hydrogen-bond acceptors (Lipinski definition) is 4. The molecule has 0 aliphatic rings. The van der Waals surface area contributed by atoms with Crippen LogP contribution in [0, 0.1) is 0 Å². The van der Waals surface area contributed by atoms with Gasteiger partial charge >= 0.3 is 6.18 Å². The second kappa shape index (κ2) is 9.77. The van der Waals surface area contributed by atoms with Crippen LogP contribution in [0.2, 0.25) is 0 Å². The molecule has 0 fully saturated rings. The first-order valence-electron chi connectivity index (χ1n) is 9.80. The number of carbonyl (C=O) groups is 2. The average molecular weight is 425 g/mol. The summed E-state index contributed by atoms with van der Waals surface area (Å²) in [6.45, 7) is 7.36. The highest BCUT2D eigenvalue weighted by atomic mass is 19.4. The average Bonchev–Trinajstić information content (AvgIpc) is 3.19. The summed E-state index contributed by atoms with van der Waals surface area (Å²) in [5, 5.41) is 2.77. The molecule has 2 amide bonds. The molecule has 6 nitrogen and oxygen atoms in total. The normalized spacial score (nSPS) is 13.6. The van der Waals surface area contributed by atoms with Crippen molar-refractivity contribution in [2.45, 2.75) is 65.3 Å². The third-order valence-corrected chi connectivity index (χ3v) is 4.90. The van der Waals surface area contributed by atoms with Crippen molar-refractivity contribution in [1.82, 2.24) is 15.2 Å². The first kappa shape index (κ1) is 23.4. The van der Waals surface area contributed by atoms with Crippen LogP contribution in [-0.4, -0.2) is 33.8 Å². The summed E-state index contributed by atoms with van der Waals surface area (Å²) in [7, 11) is 0. The molecule has 0 saturated heterocycles. The predicted octanol–water partition coefficient (Wildman–Crippen LogP) is 4.66. The van der Waals surface area contributed by atoms with Crippen molar-refractivity contribution in [3.05, 3.63) is 53.2 Å². The molecule has 0 aliphatic heterocycles. The minimum Gasteiger partial charge on any atom is -0.446 e. The lowest BCUT2D eigenvalue weighted by molar-refractivity contribution is -0.137. The number of nitrogens with zero attached hydrogens (tertiary/aromatic N) is 2. The molecule has 164 valence electrons. The van der Waals surface area contributed by atoms with Crippen LogP contribution in [0.4, 0.5) is 13.2 Å². The Morgan fingerprint density at radius 2 is 1.90 bits per heavy atom. The Morgan fingerprint density at radius 3 is 2.50 bits per heavy atom. The number of halogens is 3. The summed E-state index contributed by atoms with van der Waals surface area (Å²) in [5.74, 6) is -0.831. The summed E-state index contributed by atoms with van der Waals surface area (Å²) in [4.78, 5) is 30.7. The van der Waals surface area contributed by atoms with E-state index in [9.17, 15) is 22.8 Å². The number of hydrogen-bond donors (Lipinski definition) is 1. The monoisotopic (exact) mass is 425 g/mol. The Bertz CT molecular complexity index is 880. The second-order valence-electron chi connectivity index (χ2n) is 7.18. The third-order valence-electron chi connectivity index (χ3n) is 4.90. The molecule has 1 N–H and O–H groups in total. The number of oxazole rings is 1.